The second-order valence-electron chi connectivity index (χ2n) is 0.977. The number of ether oxygens (including phenoxy) is 1. The minimum atomic E-state index is -0.933. The highest BCUT2D eigenvalue weighted by atomic mass is 17.2. The molecule has 0 aliphatic carbocycles. The van der Waals surface area contributed by atoms with E-state index in [0.717, 1.165) is 0 Å². The van der Waals surface area contributed by atoms with E-state index in [1.807, 2.05) is 0 Å². The largest absolute Gasteiger partial charge is 0.436 e. The fourth-order valence-electron chi connectivity index (χ4n) is 0.0821. The molecule has 0 rings (SSSR count). The third-order valence-electron chi connectivity index (χ3n) is 0.165. The molecule has 0 heterocycles. The van der Waals surface area contributed by atoms with Gasteiger partial charge in [0, 0.05) is 14.2 Å². The van der Waals surface area contributed by atoms with Gasteiger partial charge >= 0.3 is 6.09 Å². The Morgan fingerprint density at radius 2 is 1.67 bits per heavy atom. The van der Waals surface area contributed by atoms with E-state index in [2.05, 4.69) is 20.2 Å². The molecule has 0 aromatic heterocycles. The number of amides is 1. The molecule has 0 aliphatic heterocycles. The van der Waals surface area contributed by atoms with E-state index < -0.39 is 6.09 Å². The predicted octanol–water partition coefficient (Wildman–Crippen LogP) is -0.0943. The lowest BCUT2D eigenvalue weighted by molar-refractivity contribution is -0.210. The van der Waals surface area contributed by atoms with Crippen LogP contribution in [0, 0.1) is 0 Å². The number of carbonyl (C=O) groups is 1. The van der Waals surface area contributed by atoms with Crippen LogP contribution in [-0.2, 0) is 14.5 Å². The van der Waals surface area contributed by atoms with Gasteiger partial charge in [0.05, 0.1) is 7.11 Å². The first-order valence-corrected chi connectivity index (χ1v) is 2.09. The van der Waals surface area contributed by atoms with Gasteiger partial charge in [0.15, 0.2) is 0 Å². The summed E-state index contributed by atoms with van der Waals surface area (Å²) in [5.41, 5.74) is 4.42. The summed E-state index contributed by atoms with van der Waals surface area (Å²) >= 11 is 0. The molecule has 0 aromatic rings. The van der Waals surface area contributed by atoms with Gasteiger partial charge in [-0.2, -0.15) is 4.89 Å². The highest BCUT2D eigenvalue weighted by Crippen LogP contribution is 1.66. The maximum Gasteiger partial charge on any atom is 0.436 e. The van der Waals surface area contributed by atoms with Gasteiger partial charge in [-0.25, -0.2) is 4.79 Å². The average molecular weight is 137 g/mol. The molecule has 0 radical (unpaired) electrons. The number of carbonyl (C=O) groups excluding carboxylic acids is 1. The molecule has 0 bridgehead atoms. The topological polar surface area (TPSA) is 70.8 Å². The summed E-state index contributed by atoms with van der Waals surface area (Å²) in [5.74, 6) is 0. The van der Waals surface area contributed by atoms with Crippen molar-refractivity contribution < 1.29 is 19.3 Å². The average Bonchev–Trinajstić information content (AvgIpc) is 1.67. The van der Waals surface area contributed by atoms with Crippen LogP contribution < -0.4 is 5.73 Å². The zero-order chi connectivity index (χ0) is 7.70. The minimum absolute atomic E-state index is 0.933. The zero-order valence-electron chi connectivity index (χ0n) is 5.71. The Labute approximate surface area is 53.6 Å². The molecule has 1 amide bonds. The Morgan fingerprint density at radius 1 is 1.33 bits per heavy atom. The van der Waals surface area contributed by atoms with Crippen molar-refractivity contribution in [3.05, 3.63) is 0 Å². The van der Waals surface area contributed by atoms with E-state index >= 15 is 0 Å². The Bertz CT molecular complexity index is 65.6. The summed E-state index contributed by atoms with van der Waals surface area (Å²) in [5, 5.41) is 0. The highest BCUT2D eigenvalue weighted by Gasteiger charge is 1.84. The van der Waals surface area contributed by atoms with Crippen molar-refractivity contribution in [2.45, 2.75) is 0 Å². The summed E-state index contributed by atoms with van der Waals surface area (Å²) in [6.07, 6.45) is -0.933. The summed E-state index contributed by atoms with van der Waals surface area (Å²) in [7, 11) is 4.45. The van der Waals surface area contributed by atoms with Crippen LogP contribution in [0.5, 0.6) is 0 Å². The molecular formula is C4H11NO4. The number of methoxy groups -OCH3 is 1. The van der Waals surface area contributed by atoms with Crippen LogP contribution in [0.3, 0.4) is 0 Å². The first kappa shape index (κ1) is 11.0. The second kappa shape index (κ2) is 10.2. The Hall–Kier alpha value is -0.810. The van der Waals surface area contributed by atoms with Crippen molar-refractivity contribution >= 4 is 6.09 Å². The van der Waals surface area contributed by atoms with E-state index in [1.54, 1.807) is 14.2 Å². The smallest absolute Gasteiger partial charge is 0.388 e. The lowest BCUT2D eigenvalue weighted by Gasteiger charge is -1.87. The van der Waals surface area contributed by atoms with E-state index in [-0.39, 0.29) is 0 Å². The van der Waals surface area contributed by atoms with Crippen molar-refractivity contribution in [1.82, 2.24) is 0 Å². The number of rotatable bonds is 1. The van der Waals surface area contributed by atoms with E-state index in [0.29, 0.717) is 0 Å². The van der Waals surface area contributed by atoms with Gasteiger partial charge in [0.1, 0.15) is 0 Å². The molecule has 0 aromatic carbocycles. The lowest BCUT2D eigenvalue weighted by Crippen LogP contribution is -2.11. The standard InChI is InChI=1S/C2H5NO3.C2H6O/c1-5-6-2(3)4;1-3-2/h1H3,(H2,3,4);1-2H3. The van der Waals surface area contributed by atoms with Crippen LogP contribution in [0.2, 0.25) is 0 Å². The van der Waals surface area contributed by atoms with Gasteiger partial charge < -0.3 is 10.5 Å². The molecule has 5 heteroatoms. The third kappa shape index (κ3) is 40.4. The van der Waals surface area contributed by atoms with Crippen LogP contribution in [0.4, 0.5) is 4.79 Å². The number of primary amides is 1. The predicted molar refractivity (Wildman–Crippen MR) is 30.6 cm³/mol. The summed E-state index contributed by atoms with van der Waals surface area (Å²) in [4.78, 5) is 17.0. The summed E-state index contributed by atoms with van der Waals surface area (Å²) in [6, 6.07) is 0. The van der Waals surface area contributed by atoms with Gasteiger partial charge in [-0.15, -0.1) is 0 Å². The normalized spacial score (nSPS) is 7.00. The van der Waals surface area contributed by atoms with E-state index in [1.165, 1.54) is 7.11 Å². The molecule has 0 unspecified atom stereocenters. The van der Waals surface area contributed by atoms with Crippen LogP contribution in [0.1, 0.15) is 0 Å². The molecule has 5 nitrogen and oxygen atoms in total. The van der Waals surface area contributed by atoms with Crippen LogP contribution in [0.25, 0.3) is 0 Å². The molecule has 0 atom stereocenters. The van der Waals surface area contributed by atoms with E-state index in [9.17, 15) is 4.79 Å². The minimum Gasteiger partial charge on any atom is -0.388 e. The highest BCUT2D eigenvalue weighted by molar-refractivity contribution is 5.63. The fourth-order valence-corrected chi connectivity index (χ4v) is 0.0821. The Morgan fingerprint density at radius 3 is 1.67 bits per heavy atom. The Balaban J connectivity index is 0. The molecule has 2 N–H and O–H groups in total. The number of hydrogen-bond acceptors (Lipinski definition) is 4. The number of hydrogen-bond donors (Lipinski definition) is 1. The first-order chi connectivity index (χ1) is 4.18. The van der Waals surface area contributed by atoms with Gasteiger partial charge in [-0.05, 0) is 0 Å². The Kier molecular flexibility index (Phi) is 12.6. The zero-order valence-corrected chi connectivity index (χ0v) is 5.71. The molecule has 56 valence electrons. The molecule has 0 saturated heterocycles. The molecule has 0 aliphatic rings. The van der Waals surface area contributed by atoms with Gasteiger partial charge in [-0.3, -0.25) is 4.89 Å². The summed E-state index contributed by atoms with van der Waals surface area (Å²) < 4.78 is 4.25. The van der Waals surface area contributed by atoms with Gasteiger partial charge in [0.25, 0.3) is 0 Å². The molecule has 9 heavy (non-hydrogen) atoms. The van der Waals surface area contributed by atoms with Gasteiger partial charge in [0.2, 0.25) is 0 Å². The van der Waals surface area contributed by atoms with Crippen LogP contribution >= 0.6 is 0 Å². The molecule has 0 saturated carbocycles. The lowest BCUT2D eigenvalue weighted by atomic mass is 11.3. The van der Waals surface area contributed by atoms with Crippen molar-refractivity contribution in [1.29, 1.82) is 0 Å². The maximum atomic E-state index is 9.47. The van der Waals surface area contributed by atoms with Crippen molar-refractivity contribution in [2.24, 2.45) is 5.73 Å². The summed E-state index contributed by atoms with van der Waals surface area (Å²) in [6.45, 7) is 0. The van der Waals surface area contributed by atoms with Crippen molar-refractivity contribution in [3.63, 3.8) is 0 Å². The molecular weight excluding hydrogens is 126 g/mol. The van der Waals surface area contributed by atoms with Crippen molar-refractivity contribution in [2.75, 3.05) is 21.3 Å². The van der Waals surface area contributed by atoms with Crippen LogP contribution in [-0.4, -0.2) is 27.4 Å². The molecule has 0 spiro atoms. The first-order valence-electron chi connectivity index (χ1n) is 2.09. The van der Waals surface area contributed by atoms with Crippen LogP contribution in [0.15, 0.2) is 0 Å². The molecule has 0 fully saturated rings. The van der Waals surface area contributed by atoms with E-state index in [4.69, 9.17) is 0 Å². The maximum absolute atomic E-state index is 9.47. The second-order valence-corrected chi connectivity index (χ2v) is 0.977. The monoisotopic (exact) mass is 137 g/mol. The fraction of sp³-hybridized carbons (Fsp3) is 0.750. The number of nitrogens with two attached hydrogens (primary N) is 1. The SMILES string of the molecule is COC.COOC(N)=O. The van der Waals surface area contributed by atoms with Gasteiger partial charge in [-0.1, -0.05) is 0 Å². The van der Waals surface area contributed by atoms with Crippen molar-refractivity contribution in [3.8, 4) is 0 Å². The third-order valence-corrected chi connectivity index (χ3v) is 0.165. The quantitative estimate of drug-likeness (QED) is 0.405.